The van der Waals surface area contributed by atoms with Crippen LogP contribution in [0.25, 0.3) is 0 Å². The molecule has 0 saturated carbocycles. The number of rotatable bonds is 3. The molecule has 4 heteroatoms. The van der Waals surface area contributed by atoms with Crippen LogP contribution in [0.5, 0.6) is 0 Å². The van der Waals surface area contributed by atoms with Crippen molar-refractivity contribution in [1.82, 2.24) is 4.90 Å². The molecule has 3 rings (SSSR count). The summed E-state index contributed by atoms with van der Waals surface area (Å²) in [5.41, 5.74) is 7.93. The van der Waals surface area contributed by atoms with Crippen LogP contribution in [0.15, 0.2) is 41.8 Å². The van der Waals surface area contributed by atoms with E-state index in [4.69, 9.17) is 5.73 Å². The van der Waals surface area contributed by atoms with Crippen molar-refractivity contribution in [2.24, 2.45) is 5.73 Å². The Balaban J connectivity index is 2.02. The molecule has 0 fully saturated rings. The second kappa shape index (κ2) is 5.15. The normalized spacial score (nSPS) is 19.1. The summed E-state index contributed by atoms with van der Waals surface area (Å²) in [4.78, 5) is 14.9. The Bertz CT molecular complexity index is 579. The van der Waals surface area contributed by atoms with Crippen molar-refractivity contribution in [1.29, 1.82) is 0 Å². The zero-order valence-corrected chi connectivity index (χ0v) is 11.4. The minimum absolute atomic E-state index is 0.156. The third-order valence-corrected chi connectivity index (χ3v) is 4.54. The predicted molar refractivity (Wildman–Crippen MR) is 77.1 cm³/mol. The van der Waals surface area contributed by atoms with Crippen LogP contribution < -0.4 is 5.73 Å². The van der Waals surface area contributed by atoms with Gasteiger partial charge >= 0.3 is 0 Å². The van der Waals surface area contributed by atoms with E-state index >= 15 is 0 Å². The number of carbonyl (C=O) groups excluding carboxylic acids is 1. The largest absolute Gasteiger partial charge is 0.369 e. The van der Waals surface area contributed by atoms with Gasteiger partial charge in [0, 0.05) is 11.4 Å². The number of thiophene rings is 1. The van der Waals surface area contributed by atoms with Crippen molar-refractivity contribution in [2.45, 2.75) is 12.5 Å². The highest BCUT2D eigenvalue weighted by molar-refractivity contribution is 7.10. The first kappa shape index (κ1) is 12.4. The third kappa shape index (κ3) is 2.41. The van der Waals surface area contributed by atoms with Gasteiger partial charge in [-0.05, 0) is 29.0 Å². The second-order valence-corrected chi connectivity index (χ2v) is 5.80. The smallest absolute Gasteiger partial charge is 0.231 e. The number of nitrogens with two attached hydrogens (primary N) is 1. The molecular weight excluding hydrogens is 256 g/mol. The molecule has 1 aromatic carbocycles. The van der Waals surface area contributed by atoms with E-state index in [1.54, 1.807) is 11.3 Å². The van der Waals surface area contributed by atoms with Crippen LogP contribution in [-0.2, 0) is 11.2 Å². The molecule has 0 saturated heterocycles. The fraction of sp³-hybridized carbons (Fsp3) is 0.267. The van der Waals surface area contributed by atoms with Crippen LogP contribution in [0.1, 0.15) is 22.0 Å². The van der Waals surface area contributed by atoms with E-state index in [-0.39, 0.29) is 11.9 Å². The molecule has 1 unspecified atom stereocenters. The topological polar surface area (TPSA) is 46.3 Å². The lowest BCUT2D eigenvalue weighted by atomic mass is 9.93. The van der Waals surface area contributed by atoms with Crippen molar-refractivity contribution in [2.75, 3.05) is 13.1 Å². The zero-order valence-electron chi connectivity index (χ0n) is 10.6. The van der Waals surface area contributed by atoms with E-state index in [9.17, 15) is 4.79 Å². The van der Waals surface area contributed by atoms with E-state index < -0.39 is 0 Å². The minimum atomic E-state index is -0.264. The lowest BCUT2D eigenvalue weighted by Gasteiger charge is -2.35. The van der Waals surface area contributed by atoms with Gasteiger partial charge in [-0.15, -0.1) is 11.3 Å². The second-order valence-electron chi connectivity index (χ2n) is 4.80. The molecule has 0 radical (unpaired) electrons. The molecule has 19 heavy (non-hydrogen) atoms. The number of hydrogen-bond acceptors (Lipinski definition) is 3. The maximum atomic E-state index is 11.3. The van der Waals surface area contributed by atoms with Gasteiger partial charge < -0.3 is 5.73 Å². The van der Waals surface area contributed by atoms with Gasteiger partial charge in [0.05, 0.1) is 12.6 Å². The van der Waals surface area contributed by atoms with Crippen molar-refractivity contribution in [3.05, 3.63) is 57.8 Å². The Hall–Kier alpha value is -1.65. The first-order chi connectivity index (χ1) is 9.25. The number of carbonyl (C=O) groups is 1. The summed E-state index contributed by atoms with van der Waals surface area (Å²) in [5.74, 6) is -0.264. The van der Waals surface area contributed by atoms with Gasteiger partial charge in [0.1, 0.15) is 0 Å². The first-order valence-electron chi connectivity index (χ1n) is 6.39. The van der Waals surface area contributed by atoms with Crippen molar-refractivity contribution < 1.29 is 4.79 Å². The van der Waals surface area contributed by atoms with Gasteiger partial charge in [0.25, 0.3) is 0 Å². The molecular formula is C15H16N2OS. The van der Waals surface area contributed by atoms with Crippen LogP contribution in [0.3, 0.4) is 0 Å². The van der Waals surface area contributed by atoms with Crippen molar-refractivity contribution >= 4 is 17.2 Å². The van der Waals surface area contributed by atoms with Gasteiger partial charge in [0.15, 0.2) is 0 Å². The van der Waals surface area contributed by atoms with E-state index in [1.807, 2.05) is 18.2 Å². The van der Waals surface area contributed by atoms with Gasteiger partial charge in [-0.2, -0.15) is 0 Å². The molecule has 0 aliphatic carbocycles. The number of benzene rings is 1. The van der Waals surface area contributed by atoms with Crippen molar-refractivity contribution in [3.8, 4) is 0 Å². The summed E-state index contributed by atoms with van der Waals surface area (Å²) >= 11 is 1.80. The van der Waals surface area contributed by atoms with Gasteiger partial charge in [-0.25, -0.2) is 0 Å². The molecule has 98 valence electrons. The molecule has 2 heterocycles. The summed E-state index contributed by atoms with van der Waals surface area (Å²) in [6.07, 6.45) is 1.00. The Labute approximate surface area is 116 Å². The fourth-order valence-electron chi connectivity index (χ4n) is 2.76. The fourth-order valence-corrected chi connectivity index (χ4v) is 3.67. The molecule has 1 amide bonds. The third-order valence-electron chi connectivity index (χ3n) is 3.54. The standard InChI is InChI=1S/C15H16N2OS/c16-14(18)10-17-8-6-13-12(7-9-19-13)15(17)11-4-2-1-3-5-11/h1-5,7,9,15H,6,8,10H2,(H2,16,18). The highest BCUT2D eigenvalue weighted by Crippen LogP contribution is 2.37. The number of amides is 1. The molecule has 1 aliphatic rings. The SMILES string of the molecule is NC(=O)CN1CCc2sccc2C1c1ccccc1. The zero-order chi connectivity index (χ0) is 13.2. The molecule has 0 bridgehead atoms. The highest BCUT2D eigenvalue weighted by Gasteiger charge is 2.30. The van der Waals surface area contributed by atoms with E-state index in [2.05, 4.69) is 28.5 Å². The molecule has 3 nitrogen and oxygen atoms in total. The molecule has 2 N–H and O–H groups in total. The molecule has 0 spiro atoms. The summed E-state index contributed by atoms with van der Waals surface area (Å²) in [6, 6.07) is 12.7. The number of hydrogen-bond donors (Lipinski definition) is 1. The van der Waals surface area contributed by atoms with Crippen LogP contribution in [-0.4, -0.2) is 23.9 Å². The van der Waals surface area contributed by atoms with Gasteiger partial charge in [0.2, 0.25) is 5.91 Å². The molecule has 2 aromatic rings. The average Bonchev–Trinajstić information content (AvgIpc) is 2.87. The van der Waals surface area contributed by atoms with E-state index in [0.29, 0.717) is 6.54 Å². The predicted octanol–water partition coefficient (Wildman–Crippen LogP) is 2.18. The van der Waals surface area contributed by atoms with Crippen LogP contribution in [0.4, 0.5) is 0 Å². The number of primary amides is 1. The summed E-state index contributed by atoms with van der Waals surface area (Å²) in [7, 11) is 0. The summed E-state index contributed by atoms with van der Waals surface area (Å²) < 4.78 is 0. The lowest BCUT2D eigenvalue weighted by molar-refractivity contribution is -0.119. The maximum Gasteiger partial charge on any atom is 0.231 e. The lowest BCUT2D eigenvalue weighted by Crippen LogP contribution is -2.40. The molecule has 1 aliphatic heterocycles. The molecule has 1 atom stereocenters. The Morgan fingerprint density at radius 2 is 2.11 bits per heavy atom. The highest BCUT2D eigenvalue weighted by atomic mass is 32.1. The Kier molecular flexibility index (Phi) is 3.36. The summed E-state index contributed by atoms with van der Waals surface area (Å²) in [6.45, 7) is 1.20. The van der Waals surface area contributed by atoms with Gasteiger partial charge in [-0.3, -0.25) is 9.69 Å². The Morgan fingerprint density at radius 3 is 2.84 bits per heavy atom. The van der Waals surface area contributed by atoms with Crippen LogP contribution in [0, 0.1) is 0 Å². The number of nitrogens with zero attached hydrogens (tertiary/aromatic N) is 1. The van der Waals surface area contributed by atoms with E-state index in [0.717, 1.165) is 13.0 Å². The summed E-state index contributed by atoms with van der Waals surface area (Å²) in [5, 5.41) is 2.13. The number of fused-ring (bicyclic) bond motifs is 1. The first-order valence-corrected chi connectivity index (χ1v) is 7.27. The maximum absolute atomic E-state index is 11.3. The monoisotopic (exact) mass is 272 g/mol. The average molecular weight is 272 g/mol. The van der Waals surface area contributed by atoms with Crippen molar-refractivity contribution in [3.63, 3.8) is 0 Å². The van der Waals surface area contributed by atoms with Crippen LogP contribution >= 0.6 is 11.3 Å². The minimum Gasteiger partial charge on any atom is -0.369 e. The van der Waals surface area contributed by atoms with Crippen LogP contribution in [0.2, 0.25) is 0 Å². The quantitative estimate of drug-likeness (QED) is 0.931. The van der Waals surface area contributed by atoms with E-state index in [1.165, 1.54) is 16.0 Å². The van der Waals surface area contributed by atoms with Gasteiger partial charge in [-0.1, -0.05) is 30.3 Å². The molecule has 1 aromatic heterocycles. The Morgan fingerprint density at radius 1 is 1.32 bits per heavy atom.